The van der Waals surface area contributed by atoms with Gasteiger partial charge in [-0.15, -0.1) is 6.58 Å². The van der Waals surface area contributed by atoms with Crippen molar-refractivity contribution in [1.29, 1.82) is 0 Å². The molecule has 2 unspecified atom stereocenters. The Morgan fingerprint density at radius 2 is 2.23 bits per heavy atom. The number of nitrogens with one attached hydrogen (secondary N) is 1. The summed E-state index contributed by atoms with van der Waals surface area (Å²) in [6.07, 6.45) is 1.52. The lowest BCUT2D eigenvalue weighted by molar-refractivity contribution is -0.138. The fourth-order valence-electron chi connectivity index (χ4n) is 1.84. The van der Waals surface area contributed by atoms with Crippen LogP contribution in [0.1, 0.15) is 31.4 Å². The molecule has 22 heavy (non-hydrogen) atoms. The van der Waals surface area contributed by atoms with Gasteiger partial charge in [0.25, 0.3) is 0 Å². The molecule has 0 bridgehead atoms. The second kappa shape index (κ2) is 9.38. The van der Waals surface area contributed by atoms with Crippen LogP contribution in [-0.4, -0.2) is 29.7 Å². The molecule has 0 spiro atoms. The van der Waals surface area contributed by atoms with Crippen molar-refractivity contribution in [2.45, 2.75) is 31.9 Å². The zero-order valence-corrected chi connectivity index (χ0v) is 14.0. The maximum Gasteiger partial charge on any atom is 0.305 e. The molecule has 0 aliphatic carbocycles. The Kier molecular flexibility index (Phi) is 7.84. The summed E-state index contributed by atoms with van der Waals surface area (Å²) in [7, 11) is 0. The second-order valence-electron chi connectivity index (χ2n) is 4.80. The molecule has 0 saturated carbocycles. The maximum atomic E-state index is 12.1. The Bertz CT molecular complexity index is 533. The van der Waals surface area contributed by atoms with Gasteiger partial charge in [-0.25, -0.2) is 0 Å². The number of carbonyl (C=O) groups excluding carboxylic acids is 1. The Labute approximate surface area is 138 Å². The Hall–Kier alpha value is -1.66. The number of carboxylic acid groups (broad SMARTS) is 1. The van der Waals surface area contributed by atoms with E-state index in [0.717, 1.165) is 10.0 Å². The summed E-state index contributed by atoms with van der Waals surface area (Å²) in [6.45, 7) is 5.62. The van der Waals surface area contributed by atoms with Gasteiger partial charge in [0.05, 0.1) is 19.1 Å². The highest BCUT2D eigenvalue weighted by atomic mass is 79.9. The van der Waals surface area contributed by atoms with E-state index in [0.29, 0.717) is 13.0 Å². The number of carboxylic acids is 1. The molecular formula is C16H20BrNO4. The lowest BCUT2D eigenvalue weighted by Gasteiger charge is -2.20. The van der Waals surface area contributed by atoms with Crippen LogP contribution in [0.25, 0.3) is 0 Å². The lowest BCUT2D eigenvalue weighted by Crippen LogP contribution is -2.38. The molecule has 1 aromatic carbocycles. The molecule has 5 nitrogen and oxygen atoms in total. The summed E-state index contributed by atoms with van der Waals surface area (Å²) >= 11 is 3.34. The van der Waals surface area contributed by atoms with Gasteiger partial charge < -0.3 is 15.2 Å². The molecule has 1 rings (SSSR count). The van der Waals surface area contributed by atoms with Crippen LogP contribution in [0.5, 0.6) is 0 Å². The van der Waals surface area contributed by atoms with E-state index in [2.05, 4.69) is 27.8 Å². The molecule has 0 heterocycles. The standard InChI is InChI=1S/C16H20BrNO4/c1-3-4-8-22-11(2)16(21)18-14(10-15(19)20)12-6-5-7-13(17)9-12/h3,5-7,9,11,14H,1,4,8,10H2,2H3,(H,18,21)(H,19,20). The quantitative estimate of drug-likeness (QED) is 0.518. The number of halogens is 1. The number of aliphatic carboxylic acids is 1. The molecule has 0 aromatic heterocycles. The molecule has 0 aliphatic heterocycles. The Morgan fingerprint density at radius 3 is 2.82 bits per heavy atom. The van der Waals surface area contributed by atoms with Crippen molar-refractivity contribution in [1.82, 2.24) is 5.32 Å². The number of rotatable bonds is 9. The molecule has 0 saturated heterocycles. The molecular weight excluding hydrogens is 350 g/mol. The summed E-state index contributed by atoms with van der Waals surface area (Å²) in [6, 6.07) is 6.60. The first kappa shape index (κ1) is 18.4. The van der Waals surface area contributed by atoms with Crippen molar-refractivity contribution < 1.29 is 19.4 Å². The van der Waals surface area contributed by atoms with E-state index in [1.807, 2.05) is 6.07 Å². The normalized spacial score (nSPS) is 13.2. The van der Waals surface area contributed by atoms with Gasteiger partial charge in [-0.3, -0.25) is 9.59 Å². The summed E-state index contributed by atoms with van der Waals surface area (Å²) < 4.78 is 6.19. The third-order valence-corrected chi connectivity index (χ3v) is 3.50. The smallest absolute Gasteiger partial charge is 0.305 e. The predicted octanol–water partition coefficient (Wildman–Crippen LogP) is 3.06. The number of carbonyl (C=O) groups is 2. The first-order valence-corrected chi connectivity index (χ1v) is 7.73. The van der Waals surface area contributed by atoms with Gasteiger partial charge in [-0.2, -0.15) is 0 Å². The van der Waals surface area contributed by atoms with Gasteiger partial charge in [-0.05, 0) is 31.0 Å². The number of ether oxygens (including phenoxy) is 1. The van der Waals surface area contributed by atoms with Crippen molar-refractivity contribution in [2.24, 2.45) is 0 Å². The van der Waals surface area contributed by atoms with Crippen LogP contribution >= 0.6 is 15.9 Å². The van der Waals surface area contributed by atoms with Crippen LogP contribution in [0.2, 0.25) is 0 Å². The summed E-state index contributed by atoms with van der Waals surface area (Å²) in [5.74, 6) is -1.32. The van der Waals surface area contributed by atoms with E-state index in [4.69, 9.17) is 9.84 Å². The minimum absolute atomic E-state index is 0.193. The number of hydrogen-bond acceptors (Lipinski definition) is 3. The van der Waals surface area contributed by atoms with Crippen molar-refractivity contribution >= 4 is 27.8 Å². The van der Waals surface area contributed by atoms with Crippen molar-refractivity contribution in [3.8, 4) is 0 Å². The molecule has 1 aromatic rings. The van der Waals surface area contributed by atoms with E-state index >= 15 is 0 Å². The number of hydrogen-bond donors (Lipinski definition) is 2. The topological polar surface area (TPSA) is 75.6 Å². The zero-order valence-electron chi connectivity index (χ0n) is 12.4. The van der Waals surface area contributed by atoms with Gasteiger partial charge in [-0.1, -0.05) is 34.1 Å². The molecule has 2 atom stereocenters. The van der Waals surface area contributed by atoms with E-state index in [-0.39, 0.29) is 12.3 Å². The number of benzene rings is 1. The van der Waals surface area contributed by atoms with Gasteiger partial charge in [0, 0.05) is 4.47 Å². The van der Waals surface area contributed by atoms with E-state index in [9.17, 15) is 9.59 Å². The fourth-order valence-corrected chi connectivity index (χ4v) is 2.26. The zero-order chi connectivity index (χ0) is 16.5. The minimum atomic E-state index is -0.981. The van der Waals surface area contributed by atoms with Crippen LogP contribution in [-0.2, 0) is 14.3 Å². The molecule has 0 fully saturated rings. The first-order chi connectivity index (χ1) is 10.4. The average molecular weight is 370 g/mol. The molecule has 120 valence electrons. The second-order valence-corrected chi connectivity index (χ2v) is 5.72. The van der Waals surface area contributed by atoms with Gasteiger partial charge in [0.1, 0.15) is 6.10 Å². The van der Waals surface area contributed by atoms with E-state index < -0.39 is 18.1 Å². The van der Waals surface area contributed by atoms with Crippen LogP contribution in [0.3, 0.4) is 0 Å². The van der Waals surface area contributed by atoms with Crippen LogP contribution in [0, 0.1) is 0 Å². The highest BCUT2D eigenvalue weighted by molar-refractivity contribution is 9.10. The van der Waals surface area contributed by atoms with Crippen molar-refractivity contribution in [3.05, 3.63) is 47.0 Å². The third kappa shape index (κ3) is 6.41. The van der Waals surface area contributed by atoms with E-state index in [1.54, 1.807) is 31.2 Å². The molecule has 0 aliphatic rings. The van der Waals surface area contributed by atoms with Crippen molar-refractivity contribution in [3.63, 3.8) is 0 Å². The van der Waals surface area contributed by atoms with Crippen LogP contribution < -0.4 is 5.32 Å². The third-order valence-electron chi connectivity index (χ3n) is 3.01. The molecule has 6 heteroatoms. The molecule has 0 radical (unpaired) electrons. The highest BCUT2D eigenvalue weighted by Crippen LogP contribution is 2.21. The first-order valence-electron chi connectivity index (χ1n) is 6.94. The van der Waals surface area contributed by atoms with Crippen LogP contribution in [0.15, 0.2) is 41.4 Å². The SMILES string of the molecule is C=CCCOC(C)C(=O)NC(CC(=O)O)c1cccc(Br)c1. The average Bonchev–Trinajstić information content (AvgIpc) is 2.46. The summed E-state index contributed by atoms with van der Waals surface area (Å²) in [5.41, 5.74) is 0.725. The summed E-state index contributed by atoms with van der Waals surface area (Å²) in [5, 5.41) is 11.8. The van der Waals surface area contributed by atoms with E-state index in [1.165, 1.54) is 0 Å². The highest BCUT2D eigenvalue weighted by Gasteiger charge is 2.21. The minimum Gasteiger partial charge on any atom is -0.481 e. The fraction of sp³-hybridized carbons (Fsp3) is 0.375. The molecule has 2 N–H and O–H groups in total. The van der Waals surface area contributed by atoms with Gasteiger partial charge in [0.2, 0.25) is 5.91 Å². The van der Waals surface area contributed by atoms with Gasteiger partial charge in [0.15, 0.2) is 0 Å². The maximum absolute atomic E-state index is 12.1. The van der Waals surface area contributed by atoms with Crippen molar-refractivity contribution in [2.75, 3.05) is 6.61 Å². The molecule has 1 amide bonds. The lowest BCUT2D eigenvalue weighted by atomic mass is 10.0. The predicted molar refractivity (Wildman–Crippen MR) is 87.5 cm³/mol. The van der Waals surface area contributed by atoms with Gasteiger partial charge >= 0.3 is 5.97 Å². The monoisotopic (exact) mass is 369 g/mol. The Balaban J connectivity index is 2.74. The Morgan fingerprint density at radius 1 is 1.50 bits per heavy atom. The van der Waals surface area contributed by atoms with Crippen LogP contribution in [0.4, 0.5) is 0 Å². The largest absolute Gasteiger partial charge is 0.481 e. The number of amides is 1. The summed E-state index contributed by atoms with van der Waals surface area (Å²) in [4.78, 5) is 23.1.